The average molecular weight is 489 g/mol. The molecule has 5 aromatic carbocycles. The number of hydrogen-bond donors (Lipinski definition) is 0. The van der Waals surface area contributed by atoms with E-state index in [1.165, 1.54) is 65.8 Å². The monoisotopic (exact) mass is 488 g/mol. The van der Waals surface area contributed by atoms with Crippen LogP contribution in [-0.4, -0.2) is 11.5 Å². The minimum Gasteiger partial charge on any atom is -0.488 e. The van der Waals surface area contributed by atoms with Crippen molar-refractivity contribution < 1.29 is 4.74 Å². The van der Waals surface area contributed by atoms with Gasteiger partial charge in [0, 0.05) is 5.30 Å². The number of aryl methyl sites for hydroxylation is 3. The standard InChI is InChI=1S/C34H33OP/c1-21-18-22(2)30(23(3)19-21)32-26-14-9-7-12-24(26)31(25-13-8-10-15-27(25)32)28-16-11-17-29-33(28)36(20-35-29)34(4,5)6/h7-19H,20H2,1-6H3. The number of ether oxygens (including phenoxy) is 1. The Morgan fingerprint density at radius 1 is 0.639 bits per heavy atom. The van der Waals surface area contributed by atoms with Gasteiger partial charge in [-0.05, 0) is 94.8 Å². The Bertz CT molecular complexity index is 1570. The van der Waals surface area contributed by atoms with Crippen LogP contribution in [0.4, 0.5) is 0 Å². The quantitative estimate of drug-likeness (QED) is 0.178. The summed E-state index contributed by atoms with van der Waals surface area (Å²) < 4.78 is 6.29. The van der Waals surface area contributed by atoms with Crippen molar-refractivity contribution in [3.05, 3.63) is 95.6 Å². The van der Waals surface area contributed by atoms with Crippen LogP contribution < -0.4 is 10.0 Å². The molecule has 0 N–H and O–H groups in total. The summed E-state index contributed by atoms with van der Waals surface area (Å²) in [5.74, 6) is 1.07. The molecule has 0 aliphatic carbocycles. The van der Waals surface area contributed by atoms with Crippen molar-refractivity contribution >= 4 is 34.8 Å². The van der Waals surface area contributed by atoms with E-state index in [1.54, 1.807) is 0 Å². The van der Waals surface area contributed by atoms with Gasteiger partial charge < -0.3 is 4.74 Å². The first-order chi connectivity index (χ1) is 17.3. The highest BCUT2D eigenvalue weighted by atomic mass is 31.1. The summed E-state index contributed by atoms with van der Waals surface area (Å²) in [5, 5.41) is 6.86. The first-order valence-electron chi connectivity index (χ1n) is 12.8. The van der Waals surface area contributed by atoms with Gasteiger partial charge in [0.25, 0.3) is 0 Å². The van der Waals surface area contributed by atoms with Crippen LogP contribution in [0.5, 0.6) is 5.75 Å². The molecule has 36 heavy (non-hydrogen) atoms. The fourth-order valence-electron chi connectivity index (χ4n) is 6.11. The SMILES string of the molecule is Cc1cc(C)c(-c2c3ccccc3c(-c3cccc4c3P(C(C)(C)C)CO4)c3ccccc23)c(C)c1. The molecule has 1 heterocycles. The van der Waals surface area contributed by atoms with E-state index in [1.807, 2.05) is 0 Å². The molecule has 0 saturated carbocycles. The van der Waals surface area contributed by atoms with Crippen LogP contribution in [0.15, 0.2) is 78.9 Å². The van der Waals surface area contributed by atoms with Crippen LogP contribution >= 0.6 is 7.92 Å². The Kier molecular flexibility index (Phi) is 5.47. The molecule has 0 saturated heterocycles. The molecule has 1 aliphatic rings. The minimum absolute atomic E-state index is 0.179. The number of hydrogen-bond acceptors (Lipinski definition) is 1. The summed E-state index contributed by atoms with van der Waals surface area (Å²) in [4.78, 5) is 0. The van der Waals surface area contributed by atoms with Crippen LogP contribution in [0, 0.1) is 20.8 Å². The van der Waals surface area contributed by atoms with Crippen molar-refractivity contribution in [3.8, 4) is 28.0 Å². The van der Waals surface area contributed by atoms with Crippen LogP contribution in [0.2, 0.25) is 0 Å². The van der Waals surface area contributed by atoms with E-state index in [9.17, 15) is 0 Å². The van der Waals surface area contributed by atoms with E-state index in [0.717, 1.165) is 12.1 Å². The predicted molar refractivity (Wildman–Crippen MR) is 158 cm³/mol. The normalized spacial score (nSPS) is 15.3. The fourth-order valence-corrected chi connectivity index (χ4v) is 8.45. The molecule has 1 nitrogen and oxygen atoms in total. The van der Waals surface area contributed by atoms with Crippen molar-refractivity contribution in [2.24, 2.45) is 0 Å². The van der Waals surface area contributed by atoms with Gasteiger partial charge in [0.2, 0.25) is 0 Å². The lowest BCUT2D eigenvalue weighted by Gasteiger charge is -2.28. The lowest BCUT2D eigenvalue weighted by atomic mass is 9.83. The Hall–Kier alpha value is -3.15. The maximum absolute atomic E-state index is 6.29. The molecule has 1 unspecified atom stereocenters. The highest BCUT2D eigenvalue weighted by molar-refractivity contribution is 7.67. The summed E-state index contributed by atoms with van der Waals surface area (Å²) in [6.45, 7) is 13.8. The molecule has 2 heteroatoms. The Morgan fingerprint density at radius 3 is 1.69 bits per heavy atom. The van der Waals surface area contributed by atoms with E-state index >= 15 is 0 Å². The second-order valence-electron chi connectivity index (χ2n) is 11.1. The van der Waals surface area contributed by atoms with Gasteiger partial charge in [-0.2, -0.15) is 0 Å². The third-order valence-electron chi connectivity index (χ3n) is 7.56. The zero-order chi connectivity index (χ0) is 25.2. The van der Waals surface area contributed by atoms with Crippen LogP contribution in [0.3, 0.4) is 0 Å². The summed E-state index contributed by atoms with van der Waals surface area (Å²) in [7, 11) is -0.445. The van der Waals surface area contributed by atoms with Crippen molar-refractivity contribution in [2.75, 3.05) is 6.35 Å². The van der Waals surface area contributed by atoms with Gasteiger partial charge >= 0.3 is 0 Å². The Balaban J connectivity index is 1.78. The van der Waals surface area contributed by atoms with Gasteiger partial charge in [0.15, 0.2) is 0 Å². The van der Waals surface area contributed by atoms with Gasteiger partial charge in [0.1, 0.15) is 12.1 Å². The molecule has 0 fully saturated rings. The number of fused-ring (bicyclic) bond motifs is 3. The highest BCUT2D eigenvalue weighted by Crippen LogP contribution is 2.57. The van der Waals surface area contributed by atoms with E-state index in [2.05, 4.69) is 120 Å². The third-order valence-corrected chi connectivity index (χ3v) is 10.6. The molecule has 0 spiro atoms. The summed E-state index contributed by atoms with van der Waals surface area (Å²) in [6, 6.07) is 29.3. The van der Waals surface area contributed by atoms with Crippen molar-refractivity contribution in [3.63, 3.8) is 0 Å². The Labute approximate surface area is 215 Å². The molecule has 1 atom stereocenters. The highest BCUT2D eigenvalue weighted by Gasteiger charge is 2.36. The topological polar surface area (TPSA) is 9.23 Å². The minimum atomic E-state index is -0.445. The third kappa shape index (κ3) is 3.56. The summed E-state index contributed by atoms with van der Waals surface area (Å²) >= 11 is 0. The molecule has 1 aliphatic heterocycles. The second kappa shape index (κ2) is 8.46. The maximum Gasteiger partial charge on any atom is 0.128 e. The number of rotatable bonds is 2. The molecule has 0 radical (unpaired) electrons. The van der Waals surface area contributed by atoms with Crippen molar-refractivity contribution in [2.45, 2.75) is 46.7 Å². The molecular weight excluding hydrogens is 455 g/mol. The van der Waals surface area contributed by atoms with Crippen LogP contribution in [-0.2, 0) is 0 Å². The molecule has 6 rings (SSSR count). The van der Waals surface area contributed by atoms with Gasteiger partial charge in [-0.25, -0.2) is 0 Å². The van der Waals surface area contributed by atoms with E-state index in [0.29, 0.717) is 0 Å². The molecule has 5 aromatic rings. The van der Waals surface area contributed by atoms with Gasteiger partial charge in [0.05, 0.1) is 0 Å². The molecule has 0 aromatic heterocycles. The molecule has 180 valence electrons. The molecule has 0 bridgehead atoms. The van der Waals surface area contributed by atoms with E-state index in [4.69, 9.17) is 4.74 Å². The summed E-state index contributed by atoms with van der Waals surface area (Å²) in [5.41, 5.74) is 9.37. The molecule has 0 amide bonds. The number of benzene rings is 5. The second-order valence-corrected chi connectivity index (χ2v) is 14.0. The average Bonchev–Trinajstić information content (AvgIpc) is 3.28. The van der Waals surface area contributed by atoms with Gasteiger partial charge in [-0.15, -0.1) is 0 Å². The predicted octanol–water partition coefficient (Wildman–Crippen LogP) is 9.51. The first-order valence-corrected chi connectivity index (χ1v) is 14.3. The van der Waals surface area contributed by atoms with Crippen LogP contribution in [0.25, 0.3) is 43.8 Å². The largest absolute Gasteiger partial charge is 0.488 e. The van der Waals surface area contributed by atoms with Crippen LogP contribution in [0.1, 0.15) is 37.5 Å². The van der Waals surface area contributed by atoms with E-state index < -0.39 is 7.92 Å². The van der Waals surface area contributed by atoms with Gasteiger partial charge in [-0.3, -0.25) is 0 Å². The van der Waals surface area contributed by atoms with E-state index in [-0.39, 0.29) is 5.16 Å². The van der Waals surface area contributed by atoms with Gasteiger partial charge in [-0.1, -0.05) is 99.1 Å². The molecular formula is C34H33OP. The van der Waals surface area contributed by atoms with Crippen molar-refractivity contribution in [1.82, 2.24) is 0 Å². The lowest BCUT2D eigenvalue weighted by molar-refractivity contribution is 0.400. The van der Waals surface area contributed by atoms with Crippen molar-refractivity contribution in [1.29, 1.82) is 0 Å². The first kappa shape index (κ1) is 23.3. The Morgan fingerprint density at radius 2 is 1.17 bits per heavy atom. The zero-order valence-corrected chi connectivity index (χ0v) is 23.0. The fraction of sp³-hybridized carbons (Fsp3) is 0.235. The lowest BCUT2D eigenvalue weighted by Crippen LogP contribution is -2.19. The smallest absolute Gasteiger partial charge is 0.128 e. The summed E-state index contributed by atoms with van der Waals surface area (Å²) in [6.07, 6.45) is 0.806. The maximum atomic E-state index is 6.29. The zero-order valence-electron chi connectivity index (χ0n) is 22.1.